The summed E-state index contributed by atoms with van der Waals surface area (Å²) in [5.41, 5.74) is 2.64. The number of aliphatic imine (C=N–C) groups is 1. The number of aromatic nitrogens is 2. The predicted octanol–water partition coefficient (Wildman–Crippen LogP) is 2.62. The summed E-state index contributed by atoms with van der Waals surface area (Å²) in [7, 11) is 0. The summed E-state index contributed by atoms with van der Waals surface area (Å²) in [6.45, 7) is 8.99. The normalized spacial score (nSPS) is 15.2. The molecule has 6 heteroatoms. The van der Waals surface area contributed by atoms with Gasteiger partial charge in [0.25, 0.3) is 0 Å². The molecule has 1 aliphatic heterocycles. The molecule has 1 aromatic carbocycles. The van der Waals surface area contributed by atoms with Crippen LogP contribution in [0.15, 0.2) is 47.7 Å². The summed E-state index contributed by atoms with van der Waals surface area (Å²) < 4.78 is 1.95. The third-order valence-electron chi connectivity index (χ3n) is 4.81. The highest BCUT2D eigenvalue weighted by atomic mass is 15.3. The molecule has 1 aromatic heterocycles. The van der Waals surface area contributed by atoms with Crippen molar-refractivity contribution in [3.05, 3.63) is 53.9 Å². The van der Waals surface area contributed by atoms with Gasteiger partial charge in [-0.15, -0.1) is 0 Å². The summed E-state index contributed by atoms with van der Waals surface area (Å²) in [5, 5.41) is 10.9. The molecule has 2 aromatic rings. The summed E-state index contributed by atoms with van der Waals surface area (Å²) in [5.74, 6) is 0.874. The molecule has 0 saturated carbocycles. The van der Waals surface area contributed by atoms with Crippen LogP contribution in [0, 0.1) is 0 Å². The molecule has 0 spiro atoms. The Hall–Kier alpha value is -2.34. The molecule has 1 saturated heterocycles. The first kappa shape index (κ1) is 19.4. The first-order valence-corrected chi connectivity index (χ1v) is 10.1. The van der Waals surface area contributed by atoms with Crippen molar-refractivity contribution in [2.24, 2.45) is 4.99 Å². The van der Waals surface area contributed by atoms with Gasteiger partial charge in [-0.25, -0.2) is 4.99 Å². The SMILES string of the molecule is CCNC(=NCc1ccc(CN2CCCC2)cc1)NCCCn1cccn1. The molecular weight excluding hydrogens is 336 g/mol. The van der Waals surface area contributed by atoms with Crippen LogP contribution < -0.4 is 10.6 Å². The molecule has 6 nitrogen and oxygen atoms in total. The fourth-order valence-corrected chi connectivity index (χ4v) is 3.34. The maximum absolute atomic E-state index is 4.71. The number of likely N-dealkylation sites (tertiary alicyclic amines) is 1. The van der Waals surface area contributed by atoms with Gasteiger partial charge in [-0.2, -0.15) is 5.10 Å². The van der Waals surface area contributed by atoms with Crippen molar-refractivity contribution in [3.8, 4) is 0 Å². The maximum Gasteiger partial charge on any atom is 0.191 e. The predicted molar refractivity (Wildman–Crippen MR) is 111 cm³/mol. The van der Waals surface area contributed by atoms with E-state index in [1.165, 1.54) is 37.1 Å². The molecule has 1 aliphatic rings. The number of hydrogen-bond donors (Lipinski definition) is 2. The molecular formula is C21H32N6. The van der Waals surface area contributed by atoms with Crippen LogP contribution in [-0.2, 0) is 19.6 Å². The zero-order valence-corrected chi connectivity index (χ0v) is 16.4. The molecule has 0 aliphatic carbocycles. The second kappa shape index (κ2) is 10.7. The van der Waals surface area contributed by atoms with Crippen molar-refractivity contribution in [3.63, 3.8) is 0 Å². The number of aryl methyl sites for hydroxylation is 1. The fourth-order valence-electron chi connectivity index (χ4n) is 3.34. The Balaban J connectivity index is 1.43. The quantitative estimate of drug-likeness (QED) is 0.406. The second-order valence-electron chi connectivity index (χ2n) is 7.04. The standard InChI is InChI=1S/C21H32N6/c1-2-22-21(23-11-5-15-27-16-6-12-25-27)24-17-19-7-9-20(10-8-19)18-26-13-3-4-14-26/h6-10,12,16H,2-5,11,13-15,17-18H2,1H3,(H2,22,23,24). The van der Waals surface area contributed by atoms with Gasteiger partial charge in [0.2, 0.25) is 0 Å². The van der Waals surface area contributed by atoms with E-state index >= 15 is 0 Å². The Morgan fingerprint density at radius 1 is 1.11 bits per heavy atom. The van der Waals surface area contributed by atoms with Gasteiger partial charge in [-0.3, -0.25) is 9.58 Å². The highest BCUT2D eigenvalue weighted by Gasteiger charge is 2.11. The number of nitrogens with one attached hydrogen (secondary N) is 2. The van der Waals surface area contributed by atoms with Crippen molar-refractivity contribution in [1.82, 2.24) is 25.3 Å². The summed E-state index contributed by atoms with van der Waals surface area (Å²) in [6, 6.07) is 10.9. The van der Waals surface area contributed by atoms with Crippen molar-refractivity contribution < 1.29 is 0 Å². The van der Waals surface area contributed by atoms with Crippen LogP contribution >= 0.6 is 0 Å². The van der Waals surface area contributed by atoms with Gasteiger partial charge in [0.1, 0.15) is 0 Å². The number of rotatable bonds is 9. The van der Waals surface area contributed by atoms with Crippen LogP contribution in [0.5, 0.6) is 0 Å². The van der Waals surface area contributed by atoms with Gasteiger partial charge in [0.15, 0.2) is 5.96 Å². The van der Waals surface area contributed by atoms with E-state index in [9.17, 15) is 0 Å². The van der Waals surface area contributed by atoms with E-state index in [0.717, 1.165) is 38.6 Å². The zero-order chi connectivity index (χ0) is 18.7. The number of hydrogen-bond acceptors (Lipinski definition) is 3. The van der Waals surface area contributed by atoms with E-state index in [4.69, 9.17) is 4.99 Å². The Morgan fingerprint density at radius 2 is 1.89 bits per heavy atom. The van der Waals surface area contributed by atoms with Gasteiger partial charge >= 0.3 is 0 Å². The van der Waals surface area contributed by atoms with Crippen molar-refractivity contribution in [2.45, 2.75) is 45.8 Å². The lowest BCUT2D eigenvalue weighted by molar-refractivity contribution is 0.331. The first-order valence-electron chi connectivity index (χ1n) is 10.1. The fraction of sp³-hybridized carbons (Fsp3) is 0.524. The molecule has 0 atom stereocenters. The van der Waals surface area contributed by atoms with E-state index < -0.39 is 0 Å². The average molecular weight is 369 g/mol. The molecule has 2 heterocycles. The molecule has 27 heavy (non-hydrogen) atoms. The number of benzene rings is 1. The largest absolute Gasteiger partial charge is 0.357 e. The monoisotopic (exact) mass is 368 g/mol. The number of nitrogens with zero attached hydrogens (tertiary/aromatic N) is 4. The smallest absolute Gasteiger partial charge is 0.191 e. The van der Waals surface area contributed by atoms with Gasteiger partial charge < -0.3 is 10.6 Å². The van der Waals surface area contributed by atoms with E-state index in [1.54, 1.807) is 0 Å². The zero-order valence-electron chi connectivity index (χ0n) is 16.4. The van der Waals surface area contributed by atoms with Crippen LogP contribution in [0.2, 0.25) is 0 Å². The minimum Gasteiger partial charge on any atom is -0.357 e. The molecule has 1 fully saturated rings. The molecule has 3 rings (SSSR count). The minimum atomic E-state index is 0.693. The number of guanidine groups is 1. The Morgan fingerprint density at radius 3 is 2.59 bits per heavy atom. The second-order valence-corrected chi connectivity index (χ2v) is 7.04. The summed E-state index contributed by atoms with van der Waals surface area (Å²) >= 11 is 0. The van der Waals surface area contributed by atoms with Gasteiger partial charge in [-0.1, -0.05) is 24.3 Å². The Kier molecular flexibility index (Phi) is 7.71. The lowest BCUT2D eigenvalue weighted by Gasteiger charge is -2.14. The van der Waals surface area contributed by atoms with E-state index in [-0.39, 0.29) is 0 Å². The van der Waals surface area contributed by atoms with Crippen LogP contribution in [-0.4, -0.2) is 46.8 Å². The van der Waals surface area contributed by atoms with E-state index in [0.29, 0.717) is 6.54 Å². The van der Waals surface area contributed by atoms with Gasteiger partial charge in [-0.05, 0) is 56.5 Å². The average Bonchev–Trinajstić information content (AvgIpc) is 3.38. The third kappa shape index (κ3) is 6.71. The lowest BCUT2D eigenvalue weighted by atomic mass is 10.1. The maximum atomic E-state index is 4.71. The van der Waals surface area contributed by atoms with Crippen LogP contribution in [0.4, 0.5) is 0 Å². The molecule has 146 valence electrons. The molecule has 0 bridgehead atoms. The van der Waals surface area contributed by atoms with Gasteiger partial charge in [0, 0.05) is 38.6 Å². The Bertz CT molecular complexity index is 671. The Labute approximate surface area is 162 Å². The summed E-state index contributed by atoms with van der Waals surface area (Å²) in [4.78, 5) is 7.24. The van der Waals surface area contributed by atoms with Crippen LogP contribution in [0.25, 0.3) is 0 Å². The lowest BCUT2D eigenvalue weighted by Crippen LogP contribution is -2.38. The molecule has 0 amide bonds. The topological polar surface area (TPSA) is 57.5 Å². The third-order valence-corrected chi connectivity index (χ3v) is 4.81. The summed E-state index contributed by atoms with van der Waals surface area (Å²) in [6.07, 6.45) is 7.50. The highest BCUT2D eigenvalue weighted by Crippen LogP contribution is 2.13. The van der Waals surface area contributed by atoms with Gasteiger partial charge in [0.05, 0.1) is 6.54 Å². The van der Waals surface area contributed by atoms with E-state index in [2.05, 4.69) is 51.8 Å². The van der Waals surface area contributed by atoms with Crippen LogP contribution in [0.3, 0.4) is 0 Å². The van der Waals surface area contributed by atoms with Crippen molar-refractivity contribution in [1.29, 1.82) is 0 Å². The van der Waals surface area contributed by atoms with Crippen molar-refractivity contribution in [2.75, 3.05) is 26.2 Å². The molecule has 0 unspecified atom stereocenters. The minimum absolute atomic E-state index is 0.693. The first-order chi connectivity index (χ1) is 13.3. The van der Waals surface area contributed by atoms with Crippen LogP contribution in [0.1, 0.15) is 37.3 Å². The molecule has 2 N–H and O–H groups in total. The van der Waals surface area contributed by atoms with Crippen molar-refractivity contribution >= 4 is 5.96 Å². The molecule has 0 radical (unpaired) electrons. The highest BCUT2D eigenvalue weighted by molar-refractivity contribution is 5.79. The van der Waals surface area contributed by atoms with E-state index in [1.807, 2.05) is 23.1 Å².